The fraction of sp³-hybridized carbons (Fsp3) is 0.654. The molecule has 1 rings (SSSR count). The van der Waals surface area contributed by atoms with Gasteiger partial charge in [-0.05, 0) is 49.0 Å². The number of thioether (sulfide) groups is 1. The molecule has 0 radical (unpaired) electrons. The van der Waals surface area contributed by atoms with E-state index in [-0.39, 0.29) is 29.9 Å². The largest absolute Gasteiger partial charge is 0.508 e. The highest BCUT2D eigenvalue weighted by Gasteiger charge is 2.29. The van der Waals surface area contributed by atoms with Gasteiger partial charge in [-0.1, -0.05) is 51.7 Å². The van der Waals surface area contributed by atoms with Crippen LogP contribution in [0.1, 0.15) is 71.3 Å². The first-order valence-electron chi connectivity index (χ1n) is 12.4. The van der Waals surface area contributed by atoms with Gasteiger partial charge in [-0.25, -0.2) is 0 Å². The molecule has 0 fully saturated rings. The lowest BCUT2D eigenvalue weighted by Gasteiger charge is -2.29. The summed E-state index contributed by atoms with van der Waals surface area (Å²) in [6.07, 6.45) is 8.99. The number of hydrogen-bond acceptors (Lipinski definition) is 5. The second kappa shape index (κ2) is 17.2. The van der Waals surface area contributed by atoms with Crippen LogP contribution >= 0.6 is 11.8 Å². The highest BCUT2D eigenvalue weighted by molar-refractivity contribution is 7.98. The van der Waals surface area contributed by atoms with Crippen LogP contribution in [0.4, 0.5) is 0 Å². The summed E-state index contributed by atoms with van der Waals surface area (Å²) in [5.41, 5.74) is 0.805. The summed E-state index contributed by atoms with van der Waals surface area (Å²) in [7, 11) is 0. The van der Waals surface area contributed by atoms with Crippen LogP contribution in [-0.2, 0) is 20.8 Å². The highest BCUT2D eigenvalue weighted by atomic mass is 32.2. The van der Waals surface area contributed by atoms with Gasteiger partial charge in [0.2, 0.25) is 17.7 Å². The van der Waals surface area contributed by atoms with Gasteiger partial charge >= 0.3 is 0 Å². The minimum absolute atomic E-state index is 0.0409. The van der Waals surface area contributed by atoms with Crippen molar-refractivity contribution in [3.63, 3.8) is 0 Å². The van der Waals surface area contributed by atoms with Gasteiger partial charge in [0, 0.05) is 26.4 Å². The number of unbranched alkanes of at least 4 members (excludes halogenated alkanes) is 4. The number of aromatic hydroxyl groups is 1. The van der Waals surface area contributed by atoms with Crippen molar-refractivity contribution in [2.75, 3.05) is 25.1 Å². The molecule has 0 saturated heterocycles. The second-order valence-corrected chi connectivity index (χ2v) is 9.69. The summed E-state index contributed by atoms with van der Waals surface area (Å²) in [5, 5.41) is 15.2. The highest BCUT2D eigenvalue weighted by Crippen LogP contribution is 2.13. The van der Waals surface area contributed by atoms with Crippen molar-refractivity contribution in [1.82, 2.24) is 15.5 Å². The number of nitrogens with one attached hydrogen (secondary N) is 2. The fourth-order valence-electron chi connectivity index (χ4n) is 3.75. The molecule has 2 atom stereocenters. The van der Waals surface area contributed by atoms with E-state index in [4.69, 9.17) is 0 Å². The number of amides is 3. The Kier molecular flexibility index (Phi) is 15.1. The second-order valence-electron chi connectivity index (χ2n) is 8.71. The third-order valence-corrected chi connectivity index (χ3v) is 6.31. The van der Waals surface area contributed by atoms with Crippen molar-refractivity contribution in [3.05, 3.63) is 29.8 Å². The Bertz CT molecular complexity index is 732. The van der Waals surface area contributed by atoms with Gasteiger partial charge in [0.05, 0.1) is 0 Å². The van der Waals surface area contributed by atoms with Gasteiger partial charge in [-0.15, -0.1) is 0 Å². The number of benzene rings is 1. The third kappa shape index (κ3) is 11.8. The molecular formula is C26H43N3O4S. The van der Waals surface area contributed by atoms with Crippen molar-refractivity contribution < 1.29 is 19.5 Å². The minimum atomic E-state index is -0.805. The normalized spacial score (nSPS) is 12.6. The summed E-state index contributed by atoms with van der Waals surface area (Å²) in [6.45, 7) is 7.05. The maximum Gasteiger partial charge on any atom is 0.245 e. The molecule has 0 heterocycles. The predicted molar refractivity (Wildman–Crippen MR) is 140 cm³/mol. The molecule has 0 unspecified atom stereocenters. The van der Waals surface area contributed by atoms with Gasteiger partial charge in [-0.2, -0.15) is 11.8 Å². The van der Waals surface area contributed by atoms with E-state index in [1.54, 1.807) is 36.0 Å². The van der Waals surface area contributed by atoms with E-state index in [1.807, 2.05) is 11.2 Å². The van der Waals surface area contributed by atoms with Gasteiger partial charge in [0.25, 0.3) is 0 Å². The number of phenolic OH excluding ortho intramolecular Hbond substituents is 1. The van der Waals surface area contributed by atoms with Crippen LogP contribution in [0.3, 0.4) is 0 Å². The fourth-order valence-corrected chi connectivity index (χ4v) is 4.22. The molecule has 1 aromatic rings. The van der Waals surface area contributed by atoms with Crippen molar-refractivity contribution in [3.8, 4) is 5.75 Å². The standard InChI is InChI=1S/C26H43N3O4S/c1-5-7-9-16-29(17-10-8-6-2)26(33)23(15-18-34-4)28-25(32)24(27-20(3)30)19-21-11-13-22(31)14-12-21/h11-14,23-24,31H,5-10,15-19H2,1-4H3,(H,27,30)(H,28,32)/t23-,24-/m0/s1. The van der Waals surface area contributed by atoms with Crippen molar-refractivity contribution in [1.29, 1.82) is 0 Å². The quantitative estimate of drug-likeness (QED) is 0.286. The lowest BCUT2D eigenvalue weighted by atomic mass is 10.0. The SMILES string of the molecule is CCCCCN(CCCCC)C(=O)[C@H](CCSC)NC(=O)[C@H](Cc1ccc(O)cc1)NC(C)=O. The first-order valence-corrected chi connectivity index (χ1v) is 13.8. The van der Waals surface area contributed by atoms with Gasteiger partial charge in [0.15, 0.2) is 0 Å². The van der Waals surface area contributed by atoms with E-state index in [0.717, 1.165) is 49.8 Å². The summed E-state index contributed by atoms with van der Waals surface area (Å²) < 4.78 is 0. The molecule has 0 aromatic heterocycles. The van der Waals surface area contributed by atoms with E-state index < -0.39 is 12.1 Å². The van der Waals surface area contributed by atoms with Crippen LogP contribution in [0.15, 0.2) is 24.3 Å². The van der Waals surface area contributed by atoms with Crippen LogP contribution in [0.2, 0.25) is 0 Å². The van der Waals surface area contributed by atoms with Gasteiger partial charge in [0.1, 0.15) is 17.8 Å². The molecule has 34 heavy (non-hydrogen) atoms. The smallest absolute Gasteiger partial charge is 0.245 e. The first kappa shape index (κ1) is 29.8. The van der Waals surface area contributed by atoms with Crippen LogP contribution in [0, 0.1) is 0 Å². The zero-order chi connectivity index (χ0) is 25.3. The average Bonchev–Trinajstić information content (AvgIpc) is 2.81. The molecule has 8 heteroatoms. The molecular weight excluding hydrogens is 450 g/mol. The molecule has 0 saturated carbocycles. The monoisotopic (exact) mass is 493 g/mol. The molecule has 0 spiro atoms. The Balaban J connectivity index is 2.99. The summed E-state index contributed by atoms with van der Waals surface area (Å²) in [5.74, 6) is 0.160. The van der Waals surface area contributed by atoms with Crippen molar-refractivity contribution >= 4 is 29.5 Å². The maximum atomic E-state index is 13.5. The van der Waals surface area contributed by atoms with E-state index in [0.29, 0.717) is 19.5 Å². The van der Waals surface area contributed by atoms with Crippen LogP contribution in [-0.4, -0.2) is 64.9 Å². The molecule has 1 aromatic carbocycles. The van der Waals surface area contributed by atoms with Crippen LogP contribution in [0.25, 0.3) is 0 Å². The summed E-state index contributed by atoms with van der Waals surface area (Å²) in [6, 6.07) is 5.11. The van der Waals surface area contributed by atoms with Crippen molar-refractivity contribution in [2.45, 2.75) is 84.2 Å². The van der Waals surface area contributed by atoms with E-state index in [9.17, 15) is 19.5 Å². The molecule has 0 aliphatic heterocycles. The number of carbonyl (C=O) groups excluding carboxylic acids is 3. The Morgan fingerprint density at radius 3 is 2.03 bits per heavy atom. The van der Waals surface area contributed by atoms with Crippen molar-refractivity contribution in [2.24, 2.45) is 0 Å². The average molecular weight is 494 g/mol. The summed E-state index contributed by atoms with van der Waals surface area (Å²) in [4.78, 5) is 40.4. The zero-order valence-corrected chi connectivity index (χ0v) is 22.1. The van der Waals surface area contributed by atoms with E-state index >= 15 is 0 Å². The Morgan fingerprint density at radius 1 is 0.941 bits per heavy atom. The molecule has 0 aliphatic rings. The molecule has 3 amide bonds. The zero-order valence-electron chi connectivity index (χ0n) is 21.3. The molecule has 7 nitrogen and oxygen atoms in total. The molecule has 0 aliphatic carbocycles. The Hall–Kier alpha value is -2.22. The number of phenols is 1. The number of carbonyl (C=O) groups is 3. The maximum absolute atomic E-state index is 13.5. The molecule has 192 valence electrons. The molecule has 3 N–H and O–H groups in total. The number of nitrogens with zero attached hydrogens (tertiary/aromatic N) is 1. The van der Waals surface area contributed by atoms with E-state index in [1.165, 1.54) is 6.92 Å². The summed E-state index contributed by atoms with van der Waals surface area (Å²) >= 11 is 1.64. The Morgan fingerprint density at radius 2 is 1.53 bits per heavy atom. The van der Waals surface area contributed by atoms with Crippen LogP contribution < -0.4 is 10.6 Å². The minimum Gasteiger partial charge on any atom is -0.508 e. The predicted octanol–water partition coefficient (Wildman–Crippen LogP) is 3.89. The first-order chi connectivity index (χ1) is 16.3. The number of rotatable bonds is 17. The van der Waals surface area contributed by atoms with E-state index in [2.05, 4.69) is 24.5 Å². The topological polar surface area (TPSA) is 98.7 Å². The Labute approximate surface area is 209 Å². The lowest BCUT2D eigenvalue weighted by Crippen LogP contribution is -2.55. The lowest BCUT2D eigenvalue weighted by molar-refractivity contribution is -0.137. The van der Waals surface area contributed by atoms with Gasteiger partial charge in [-0.3, -0.25) is 14.4 Å². The third-order valence-electron chi connectivity index (χ3n) is 5.67. The van der Waals surface area contributed by atoms with Gasteiger partial charge < -0.3 is 20.6 Å². The van der Waals surface area contributed by atoms with Crippen LogP contribution in [0.5, 0.6) is 5.75 Å². The molecule has 0 bridgehead atoms. The number of hydrogen-bond donors (Lipinski definition) is 3.